The highest BCUT2D eigenvalue weighted by Gasteiger charge is 2.27. The fourth-order valence-electron chi connectivity index (χ4n) is 3.19. The molecule has 0 aromatic heterocycles. The molecule has 1 aliphatic rings. The van der Waals surface area contributed by atoms with Crippen LogP contribution < -0.4 is 10.6 Å². The first-order chi connectivity index (χ1) is 13.4. The number of hydrogen-bond donors (Lipinski definition) is 2. The summed E-state index contributed by atoms with van der Waals surface area (Å²) in [5.74, 6) is -0.337. The van der Waals surface area contributed by atoms with Gasteiger partial charge < -0.3 is 10.6 Å². The molecule has 0 radical (unpaired) electrons. The van der Waals surface area contributed by atoms with Gasteiger partial charge in [-0.3, -0.25) is 4.99 Å². The number of halogens is 3. The van der Waals surface area contributed by atoms with Crippen molar-refractivity contribution in [3.05, 3.63) is 35.4 Å². The number of guanidine groups is 1. The second kappa shape index (κ2) is 12.6. The van der Waals surface area contributed by atoms with E-state index in [9.17, 15) is 17.2 Å². The van der Waals surface area contributed by atoms with Crippen molar-refractivity contribution in [3.8, 4) is 0 Å². The van der Waals surface area contributed by atoms with E-state index in [4.69, 9.17) is 0 Å². The molecule has 10 heteroatoms. The molecule has 1 heterocycles. The van der Waals surface area contributed by atoms with Crippen LogP contribution in [0.25, 0.3) is 0 Å². The number of benzene rings is 1. The Morgan fingerprint density at radius 2 is 1.93 bits per heavy atom. The number of rotatable bonds is 8. The summed E-state index contributed by atoms with van der Waals surface area (Å²) in [6.45, 7) is 5.86. The Bertz CT molecular complexity index is 769. The molecule has 0 atom stereocenters. The first-order valence-corrected chi connectivity index (χ1v) is 11.4. The van der Waals surface area contributed by atoms with Crippen molar-refractivity contribution < 1.29 is 17.2 Å². The van der Waals surface area contributed by atoms with Crippen LogP contribution in [0.1, 0.15) is 38.7 Å². The molecule has 1 fully saturated rings. The van der Waals surface area contributed by atoms with E-state index < -0.39 is 21.7 Å². The van der Waals surface area contributed by atoms with Gasteiger partial charge in [0.25, 0.3) is 0 Å². The number of piperidine rings is 1. The molecule has 1 saturated heterocycles. The van der Waals surface area contributed by atoms with Crippen LogP contribution in [0.2, 0.25) is 0 Å². The third-order valence-corrected chi connectivity index (χ3v) is 6.74. The minimum absolute atomic E-state index is 0. The number of hydrogen-bond acceptors (Lipinski definition) is 3. The van der Waals surface area contributed by atoms with Crippen molar-refractivity contribution in [1.82, 2.24) is 14.9 Å². The maximum Gasteiger partial charge on any atom is 0.214 e. The molecule has 0 amide bonds. The summed E-state index contributed by atoms with van der Waals surface area (Å²) < 4.78 is 52.6. The Labute approximate surface area is 189 Å². The van der Waals surface area contributed by atoms with E-state index in [1.807, 2.05) is 13.8 Å². The van der Waals surface area contributed by atoms with Gasteiger partial charge in [0.2, 0.25) is 10.0 Å². The molecule has 0 aliphatic carbocycles. The summed E-state index contributed by atoms with van der Waals surface area (Å²) in [6, 6.07) is 3.69. The van der Waals surface area contributed by atoms with E-state index >= 15 is 0 Å². The molecule has 2 rings (SSSR count). The van der Waals surface area contributed by atoms with Crippen LogP contribution in [-0.2, 0) is 16.4 Å². The molecule has 0 saturated carbocycles. The van der Waals surface area contributed by atoms with E-state index in [-0.39, 0.29) is 35.8 Å². The van der Waals surface area contributed by atoms with Gasteiger partial charge in [-0.25, -0.2) is 21.5 Å². The minimum Gasteiger partial charge on any atom is -0.357 e. The van der Waals surface area contributed by atoms with Crippen LogP contribution in [0.4, 0.5) is 8.78 Å². The lowest BCUT2D eigenvalue weighted by Gasteiger charge is -2.32. The van der Waals surface area contributed by atoms with Crippen LogP contribution in [0.3, 0.4) is 0 Å². The lowest BCUT2D eigenvalue weighted by atomic mass is 10.1. The van der Waals surface area contributed by atoms with Gasteiger partial charge in [-0.2, -0.15) is 0 Å². The Morgan fingerprint density at radius 1 is 1.24 bits per heavy atom. The summed E-state index contributed by atoms with van der Waals surface area (Å²) in [6.07, 6.45) is 2.41. The third kappa shape index (κ3) is 8.33. The van der Waals surface area contributed by atoms with Gasteiger partial charge in [0.05, 0.1) is 5.75 Å². The molecule has 1 aromatic rings. The predicted molar refractivity (Wildman–Crippen MR) is 123 cm³/mol. The van der Waals surface area contributed by atoms with E-state index in [2.05, 4.69) is 15.6 Å². The van der Waals surface area contributed by atoms with Crippen LogP contribution in [0, 0.1) is 11.6 Å². The second-order valence-electron chi connectivity index (χ2n) is 6.88. The summed E-state index contributed by atoms with van der Waals surface area (Å²) >= 11 is 0. The largest absolute Gasteiger partial charge is 0.357 e. The maximum atomic E-state index is 13.7. The SMILES string of the molecule is CCCS(=O)(=O)N1CCC(NC(=NCCc2ccc(F)cc2F)NCC)CC1.I. The zero-order valence-electron chi connectivity index (χ0n) is 17.0. The Hall–Kier alpha value is -1.01. The van der Waals surface area contributed by atoms with Gasteiger partial charge in [0.15, 0.2) is 5.96 Å². The number of aliphatic imine (C=N–C) groups is 1. The van der Waals surface area contributed by atoms with E-state index in [0.29, 0.717) is 63.4 Å². The van der Waals surface area contributed by atoms with Crippen LogP contribution in [-0.4, -0.2) is 56.7 Å². The molecule has 1 aromatic carbocycles. The lowest BCUT2D eigenvalue weighted by Crippen LogP contribution is -2.50. The minimum atomic E-state index is -3.15. The van der Waals surface area contributed by atoms with Gasteiger partial charge in [-0.15, -0.1) is 24.0 Å². The quantitative estimate of drug-likeness (QED) is 0.300. The molecular formula is C19H31F2IN4O2S. The normalized spacial score (nSPS) is 16.3. The van der Waals surface area contributed by atoms with Crippen molar-refractivity contribution in [2.75, 3.05) is 31.9 Å². The van der Waals surface area contributed by atoms with Crippen LogP contribution >= 0.6 is 24.0 Å². The van der Waals surface area contributed by atoms with E-state index in [1.165, 1.54) is 12.1 Å². The number of nitrogens with one attached hydrogen (secondary N) is 2. The lowest BCUT2D eigenvalue weighted by molar-refractivity contribution is 0.306. The maximum absolute atomic E-state index is 13.7. The van der Waals surface area contributed by atoms with Crippen molar-refractivity contribution in [2.45, 2.75) is 45.6 Å². The van der Waals surface area contributed by atoms with Crippen molar-refractivity contribution in [1.29, 1.82) is 0 Å². The van der Waals surface area contributed by atoms with Crippen molar-refractivity contribution >= 4 is 40.0 Å². The van der Waals surface area contributed by atoms with Gasteiger partial charge >= 0.3 is 0 Å². The summed E-state index contributed by atoms with van der Waals surface area (Å²) in [5.41, 5.74) is 0.426. The molecule has 29 heavy (non-hydrogen) atoms. The van der Waals surface area contributed by atoms with Gasteiger partial charge in [-0.1, -0.05) is 13.0 Å². The average Bonchev–Trinajstić information content (AvgIpc) is 2.64. The monoisotopic (exact) mass is 544 g/mol. The predicted octanol–water partition coefficient (Wildman–Crippen LogP) is 2.88. The van der Waals surface area contributed by atoms with Crippen LogP contribution in [0.15, 0.2) is 23.2 Å². The van der Waals surface area contributed by atoms with Gasteiger partial charge in [0.1, 0.15) is 11.6 Å². The standard InChI is InChI=1S/C19H30F2N4O2S.HI/c1-3-13-28(26,27)25-11-8-17(9-12-25)24-19(22-4-2)23-10-7-15-5-6-16(20)14-18(15)21;/h5-6,14,17H,3-4,7-13H2,1-2H3,(H2,22,23,24);1H. The van der Waals surface area contributed by atoms with Crippen LogP contribution in [0.5, 0.6) is 0 Å². The molecular weight excluding hydrogens is 513 g/mol. The highest BCUT2D eigenvalue weighted by molar-refractivity contribution is 14.0. The molecule has 0 bridgehead atoms. The highest BCUT2D eigenvalue weighted by Crippen LogP contribution is 2.15. The first kappa shape index (κ1) is 26.0. The molecule has 2 N–H and O–H groups in total. The Kier molecular flexibility index (Phi) is 11.3. The van der Waals surface area contributed by atoms with E-state index in [1.54, 1.807) is 4.31 Å². The highest BCUT2D eigenvalue weighted by atomic mass is 127. The topological polar surface area (TPSA) is 73.8 Å². The van der Waals surface area contributed by atoms with Crippen molar-refractivity contribution in [3.63, 3.8) is 0 Å². The smallest absolute Gasteiger partial charge is 0.214 e. The third-order valence-electron chi connectivity index (χ3n) is 4.66. The fraction of sp³-hybridized carbons (Fsp3) is 0.632. The van der Waals surface area contributed by atoms with Gasteiger partial charge in [0, 0.05) is 38.3 Å². The second-order valence-corrected chi connectivity index (χ2v) is 8.97. The zero-order chi connectivity index (χ0) is 20.6. The Morgan fingerprint density at radius 3 is 2.52 bits per heavy atom. The average molecular weight is 544 g/mol. The fourth-order valence-corrected chi connectivity index (χ4v) is 4.73. The summed E-state index contributed by atoms with van der Waals surface area (Å²) in [4.78, 5) is 4.47. The molecule has 1 aliphatic heterocycles. The number of sulfonamides is 1. The van der Waals surface area contributed by atoms with Gasteiger partial charge in [-0.05, 0) is 44.2 Å². The molecule has 0 unspecified atom stereocenters. The molecule has 0 spiro atoms. The Balaban J connectivity index is 0.00000420. The van der Waals surface area contributed by atoms with Crippen molar-refractivity contribution in [2.24, 2.45) is 4.99 Å². The zero-order valence-corrected chi connectivity index (χ0v) is 20.1. The molecule has 6 nitrogen and oxygen atoms in total. The summed E-state index contributed by atoms with van der Waals surface area (Å²) in [5, 5.41) is 6.49. The first-order valence-electron chi connectivity index (χ1n) is 9.82. The van der Waals surface area contributed by atoms with E-state index in [0.717, 1.165) is 6.07 Å². The number of nitrogens with zero attached hydrogens (tertiary/aromatic N) is 2. The molecule has 166 valence electrons. The summed E-state index contributed by atoms with van der Waals surface area (Å²) in [7, 11) is -3.15.